The molecule has 118 valence electrons. The van der Waals surface area contributed by atoms with Gasteiger partial charge in [-0.2, -0.15) is 0 Å². The van der Waals surface area contributed by atoms with Crippen molar-refractivity contribution in [3.63, 3.8) is 0 Å². The number of thiophene rings is 1. The highest BCUT2D eigenvalue weighted by molar-refractivity contribution is 7.19. The molecule has 1 amide bonds. The minimum absolute atomic E-state index is 0.0566. The van der Waals surface area contributed by atoms with Gasteiger partial charge in [-0.3, -0.25) is 4.79 Å². The molecule has 3 aromatic rings. The molecule has 0 saturated heterocycles. The Balaban J connectivity index is 1.62. The Morgan fingerprint density at radius 2 is 1.83 bits per heavy atom. The van der Waals surface area contributed by atoms with E-state index in [9.17, 15) is 4.79 Å². The van der Waals surface area contributed by atoms with E-state index in [0.717, 1.165) is 20.5 Å². The van der Waals surface area contributed by atoms with Crippen LogP contribution in [0.15, 0.2) is 42.5 Å². The number of amides is 1. The lowest BCUT2D eigenvalue weighted by Gasteiger charge is -2.05. The van der Waals surface area contributed by atoms with Crippen molar-refractivity contribution in [3.8, 4) is 0 Å². The van der Waals surface area contributed by atoms with Crippen LogP contribution in [0.25, 0.3) is 10.1 Å². The third-order valence-electron chi connectivity index (χ3n) is 3.34. The average Bonchev–Trinajstić information content (AvgIpc) is 2.91. The highest BCUT2D eigenvalue weighted by atomic mass is 35.5. The highest BCUT2D eigenvalue weighted by Gasteiger charge is 2.07. The Hall–Kier alpha value is -1.26. The van der Waals surface area contributed by atoms with Crippen LogP contribution in [-0.2, 0) is 17.8 Å². The van der Waals surface area contributed by atoms with Crippen LogP contribution in [0, 0.1) is 0 Å². The Morgan fingerprint density at radius 1 is 1.00 bits per heavy atom. The fraction of sp³-hybridized carbons (Fsp3) is 0.118. The van der Waals surface area contributed by atoms with Crippen molar-refractivity contribution < 1.29 is 4.79 Å². The first-order valence-electron chi connectivity index (χ1n) is 6.90. The van der Waals surface area contributed by atoms with Crippen molar-refractivity contribution in [1.29, 1.82) is 0 Å². The molecule has 0 aliphatic carbocycles. The number of carbonyl (C=O) groups excluding carboxylic acids is 1. The molecule has 0 spiro atoms. The van der Waals surface area contributed by atoms with Gasteiger partial charge in [-0.25, -0.2) is 0 Å². The fourth-order valence-electron chi connectivity index (χ4n) is 2.24. The highest BCUT2D eigenvalue weighted by Crippen LogP contribution is 2.28. The number of carbonyl (C=O) groups is 1. The summed E-state index contributed by atoms with van der Waals surface area (Å²) in [6, 6.07) is 13.0. The molecular formula is C17H12Cl3NOS. The molecule has 1 heterocycles. The summed E-state index contributed by atoms with van der Waals surface area (Å²) in [7, 11) is 0. The Morgan fingerprint density at radius 3 is 2.61 bits per heavy atom. The molecule has 0 fully saturated rings. The standard InChI is InChI=1S/C17H12Cl3NOS/c18-12-2-4-16-11(7-12)8-13(23-16)9-21-17(22)6-10-1-3-14(19)15(20)5-10/h1-5,7-8H,6,9H2,(H,21,22). The van der Waals surface area contributed by atoms with Crippen LogP contribution in [0.1, 0.15) is 10.4 Å². The van der Waals surface area contributed by atoms with Gasteiger partial charge in [0.1, 0.15) is 0 Å². The zero-order valence-corrected chi connectivity index (χ0v) is 15.0. The summed E-state index contributed by atoms with van der Waals surface area (Å²) in [5, 5.41) is 5.67. The Bertz CT molecular complexity index is 875. The van der Waals surface area contributed by atoms with E-state index in [1.54, 1.807) is 29.5 Å². The van der Waals surface area contributed by atoms with Crippen LogP contribution in [0.4, 0.5) is 0 Å². The molecule has 2 nitrogen and oxygen atoms in total. The number of benzene rings is 2. The number of nitrogens with one attached hydrogen (secondary N) is 1. The molecule has 1 aromatic heterocycles. The molecule has 0 atom stereocenters. The summed E-state index contributed by atoms with van der Waals surface area (Å²) in [6.07, 6.45) is 0.271. The van der Waals surface area contributed by atoms with Gasteiger partial charge >= 0.3 is 0 Å². The van der Waals surface area contributed by atoms with Gasteiger partial charge in [0.15, 0.2) is 0 Å². The zero-order chi connectivity index (χ0) is 16.4. The fourth-order valence-corrected chi connectivity index (χ4v) is 3.73. The van der Waals surface area contributed by atoms with Gasteiger partial charge in [0.05, 0.1) is 23.0 Å². The number of hydrogen-bond acceptors (Lipinski definition) is 2. The van der Waals surface area contributed by atoms with Crippen LogP contribution >= 0.6 is 46.1 Å². The smallest absolute Gasteiger partial charge is 0.224 e. The predicted octanol–water partition coefficient (Wildman–Crippen LogP) is 5.72. The van der Waals surface area contributed by atoms with E-state index >= 15 is 0 Å². The number of hydrogen-bond donors (Lipinski definition) is 1. The molecule has 6 heteroatoms. The molecular weight excluding hydrogens is 373 g/mol. The van der Waals surface area contributed by atoms with Crippen LogP contribution in [0.5, 0.6) is 0 Å². The summed E-state index contributed by atoms with van der Waals surface area (Å²) in [6.45, 7) is 0.497. The summed E-state index contributed by atoms with van der Waals surface area (Å²) in [5.74, 6) is -0.0566. The molecule has 3 rings (SSSR count). The van der Waals surface area contributed by atoms with Gasteiger partial charge in [-0.1, -0.05) is 40.9 Å². The SMILES string of the molecule is O=C(Cc1ccc(Cl)c(Cl)c1)NCc1cc2cc(Cl)ccc2s1. The number of fused-ring (bicyclic) bond motifs is 1. The van der Waals surface area contributed by atoms with Gasteiger partial charge in [0, 0.05) is 14.6 Å². The maximum absolute atomic E-state index is 12.0. The largest absolute Gasteiger partial charge is 0.351 e. The third kappa shape index (κ3) is 4.18. The zero-order valence-electron chi connectivity index (χ0n) is 11.9. The lowest BCUT2D eigenvalue weighted by Crippen LogP contribution is -2.24. The Kier molecular flexibility index (Phi) is 5.12. The van der Waals surface area contributed by atoms with Crippen molar-refractivity contribution >= 4 is 62.1 Å². The molecule has 0 radical (unpaired) electrons. The molecule has 2 aromatic carbocycles. The van der Waals surface area contributed by atoms with Crippen molar-refractivity contribution in [2.45, 2.75) is 13.0 Å². The summed E-state index contributed by atoms with van der Waals surface area (Å²) < 4.78 is 1.16. The predicted molar refractivity (Wildman–Crippen MR) is 98.8 cm³/mol. The average molecular weight is 385 g/mol. The van der Waals surface area contributed by atoms with Crippen molar-refractivity contribution in [2.24, 2.45) is 0 Å². The lowest BCUT2D eigenvalue weighted by atomic mass is 10.1. The van der Waals surface area contributed by atoms with Crippen LogP contribution in [-0.4, -0.2) is 5.91 Å². The van der Waals surface area contributed by atoms with E-state index in [1.807, 2.05) is 24.3 Å². The van der Waals surface area contributed by atoms with Crippen molar-refractivity contribution in [2.75, 3.05) is 0 Å². The molecule has 23 heavy (non-hydrogen) atoms. The first-order chi connectivity index (χ1) is 11.0. The lowest BCUT2D eigenvalue weighted by molar-refractivity contribution is -0.120. The third-order valence-corrected chi connectivity index (χ3v) is 5.43. The second-order valence-electron chi connectivity index (χ2n) is 5.10. The quantitative estimate of drug-likeness (QED) is 0.612. The van der Waals surface area contributed by atoms with Crippen molar-refractivity contribution in [1.82, 2.24) is 5.32 Å². The van der Waals surface area contributed by atoms with Gasteiger partial charge in [-0.05, 0) is 47.3 Å². The van der Waals surface area contributed by atoms with Gasteiger partial charge < -0.3 is 5.32 Å². The Labute approximate surface area is 153 Å². The number of rotatable bonds is 4. The maximum Gasteiger partial charge on any atom is 0.224 e. The molecule has 0 saturated carbocycles. The van der Waals surface area contributed by atoms with Crippen LogP contribution in [0.3, 0.4) is 0 Å². The van der Waals surface area contributed by atoms with Crippen LogP contribution < -0.4 is 5.32 Å². The topological polar surface area (TPSA) is 29.1 Å². The van der Waals surface area contributed by atoms with E-state index in [4.69, 9.17) is 34.8 Å². The second-order valence-corrected chi connectivity index (χ2v) is 7.52. The first kappa shape index (κ1) is 16.6. The number of halogens is 3. The normalized spacial score (nSPS) is 10.9. The van der Waals surface area contributed by atoms with E-state index in [2.05, 4.69) is 5.32 Å². The molecule has 0 unspecified atom stereocenters. The molecule has 0 aliphatic rings. The van der Waals surface area contributed by atoms with Gasteiger partial charge in [-0.15, -0.1) is 11.3 Å². The van der Waals surface area contributed by atoms with Crippen molar-refractivity contribution in [3.05, 3.63) is 68.0 Å². The molecule has 0 aliphatic heterocycles. The summed E-state index contributed by atoms with van der Waals surface area (Å²) in [4.78, 5) is 13.1. The van der Waals surface area contributed by atoms with Crippen LogP contribution in [0.2, 0.25) is 15.1 Å². The minimum Gasteiger partial charge on any atom is -0.351 e. The van der Waals surface area contributed by atoms with E-state index in [-0.39, 0.29) is 12.3 Å². The summed E-state index contributed by atoms with van der Waals surface area (Å²) >= 11 is 19.5. The maximum atomic E-state index is 12.0. The van der Waals surface area contributed by atoms with E-state index in [1.165, 1.54) is 0 Å². The summed E-state index contributed by atoms with van der Waals surface area (Å²) in [5.41, 5.74) is 0.833. The van der Waals surface area contributed by atoms with Gasteiger partial charge in [0.2, 0.25) is 5.91 Å². The molecule has 1 N–H and O–H groups in total. The van der Waals surface area contributed by atoms with Gasteiger partial charge in [0.25, 0.3) is 0 Å². The first-order valence-corrected chi connectivity index (χ1v) is 8.85. The van der Waals surface area contributed by atoms with E-state index < -0.39 is 0 Å². The monoisotopic (exact) mass is 383 g/mol. The van der Waals surface area contributed by atoms with E-state index in [0.29, 0.717) is 21.6 Å². The minimum atomic E-state index is -0.0566. The second kappa shape index (κ2) is 7.10. The molecule has 0 bridgehead atoms.